The lowest BCUT2D eigenvalue weighted by atomic mass is 9.71. The minimum Gasteiger partial charge on any atom is -0.497 e. The molecule has 1 heterocycles. The third-order valence-electron chi connectivity index (χ3n) is 6.88. The lowest BCUT2D eigenvalue weighted by Crippen LogP contribution is -2.47. The molecule has 0 spiro atoms. The van der Waals surface area contributed by atoms with Crippen molar-refractivity contribution in [2.45, 2.75) is 25.0 Å². The van der Waals surface area contributed by atoms with Crippen molar-refractivity contribution in [2.75, 3.05) is 27.3 Å². The molecule has 37 heavy (non-hydrogen) atoms. The summed E-state index contributed by atoms with van der Waals surface area (Å²) in [6.45, 7) is 2.41. The van der Waals surface area contributed by atoms with Gasteiger partial charge in [-0.3, -0.25) is 4.90 Å². The number of carbonyl (C=O) groups is 2. The summed E-state index contributed by atoms with van der Waals surface area (Å²) < 4.78 is 16.6. The van der Waals surface area contributed by atoms with Gasteiger partial charge >= 0.3 is 11.9 Å². The molecule has 0 radical (unpaired) electrons. The van der Waals surface area contributed by atoms with E-state index >= 15 is 0 Å². The number of nitrogens with zero attached hydrogens (tertiary/aromatic N) is 1. The van der Waals surface area contributed by atoms with Crippen molar-refractivity contribution >= 4 is 11.9 Å². The predicted octanol–water partition coefficient (Wildman–Crippen LogP) is 3.66. The van der Waals surface area contributed by atoms with Gasteiger partial charge in [0.1, 0.15) is 11.5 Å². The highest BCUT2D eigenvalue weighted by Crippen LogP contribution is 2.46. The van der Waals surface area contributed by atoms with Crippen LogP contribution in [0.1, 0.15) is 29.5 Å². The van der Waals surface area contributed by atoms with Crippen LogP contribution in [0.15, 0.2) is 78.9 Å². The van der Waals surface area contributed by atoms with Gasteiger partial charge in [0.05, 0.1) is 14.2 Å². The quantitative estimate of drug-likeness (QED) is 0.365. The van der Waals surface area contributed by atoms with Crippen LogP contribution in [0.3, 0.4) is 0 Å². The minimum absolute atomic E-state index is 0. The summed E-state index contributed by atoms with van der Waals surface area (Å²) in [5.74, 6) is -1.74. The molecule has 196 valence electrons. The normalized spacial score (nSPS) is 14.3. The fraction of sp³-hybridized carbons (Fsp3) is 0.310. The Labute approximate surface area is 216 Å². The Morgan fingerprint density at radius 2 is 1.32 bits per heavy atom. The molecule has 1 aliphatic rings. The van der Waals surface area contributed by atoms with E-state index in [1.807, 2.05) is 42.5 Å². The number of esters is 1. The molecule has 3 aromatic carbocycles. The maximum Gasteiger partial charge on any atom is 0.418 e. The highest BCUT2D eigenvalue weighted by atomic mass is 16.6. The van der Waals surface area contributed by atoms with Gasteiger partial charge in [0.2, 0.25) is 0 Å². The molecule has 3 aromatic rings. The van der Waals surface area contributed by atoms with Gasteiger partial charge in [0.15, 0.2) is 5.60 Å². The number of piperidine rings is 1. The van der Waals surface area contributed by atoms with E-state index in [2.05, 4.69) is 17.0 Å². The van der Waals surface area contributed by atoms with Crippen LogP contribution in [-0.2, 0) is 26.5 Å². The number of likely N-dealkylation sites (tertiary alicyclic amines) is 1. The topological polar surface area (TPSA) is 117 Å². The first-order chi connectivity index (χ1) is 17.5. The summed E-state index contributed by atoms with van der Waals surface area (Å²) in [7, 11) is 3.16. The molecule has 8 heteroatoms. The molecule has 0 saturated carbocycles. The van der Waals surface area contributed by atoms with Crippen molar-refractivity contribution < 1.29 is 34.4 Å². The van der Waals surface area contributed by atoms with Crippen LogP contribution < -0.4 is 9.47 Å². The van der Waals surface area contributed by atoms with Crippen LogP contribution in [0, 0.1) is 5.92 Å². The number of hydrogen-bond acceptors (Lipinski definition) is 6. The minimum atomic E-state index is -1.62. The van der Waals surface area contributed by atoms with Crippen molar-refractivity contribution in [3.8, 4) is 11.5 Å². The molecule has 8 nitrogen and oxygen atoms in total. The Morgan fingerprint density at radius 3 is 1.76 bits per heavy atom. The Bertz CT molecular complexity index is 1110. The van der Waals surface area contributed by atoms with Crippen LogP contribution in [0.25, 0.3) is 0 Å². The van der Waals surface area contributed by atoms with Gasteiger partial charge in [0, 0.05) is 23.6 Å². The lowest BCUT2D eigenvalue weighted by molar-refractivity contribution is -0.177. The van der Waals surface area contributed by atoms with Crippen LogP contribution in [0.5, 0.6) is 11.5 Å². The maximum atomic E-state index is 12.6. The zero-order valence-electron chi connectivity index (χ0n) is 21.1. The zero-order chi connectivity index (χ0) is 25.5. The van der Waals surface area contributed by atoms with Gasteiger partial charge < -0.3 is 24.8 Å². The number of benzene rings is 3. The maximum absolute atomic E-state index is 12.6. The average molecular weight is 508 g/mol. The number of rotatable bonds is 8. The lowest BCUT2D eigenvalue weighted by Gasteiger charge is -2.44. The third kappa shape index (κ3) is 6.10. The number of carboxylic acid groups (broad SMARTS) is 1. The van der Waals surface area contributed by atoms with Gasteiger partial charge in [-0.1, -0.05) is 54.6 Å². The van der Waals surface area contributed by atoms with Crippen LogP contribution in [0.4, 0.5) is 0 Å². The smallest absolute Gasteiger partial charge is 0.418 e. The molecule has 1 fully saturated rings. The van der Waals surface area contributed by atoms with Crippen molar-refractivity contribution in [3.63, 3.8) is 0 Å². The number of methoxy groups -OCH3 is 2. The second-order valence-electron chi connectivity index (χ2n) is 8.92. The predicted molar refractivity (Wildman–Crippen MR) is 139 cm³/mol. The highest BCUT2D eigenvalue weighted by Gasteiger charge is 2.48. The zero-order valence-corrected chi connectivity index (χ0v) is 21.1. The van der Waals surface area contributed by atoms with Crippen molar-refractivity contribution in [2.24, 2.45) is 5.92 Å². The first-order valence-electron chi connectivity index (χ1n) is 12.0. The standard InChI is InChI=1S/C29H31NO6.H2O/c1-34-25-12-8-22(9-13-25)29(36-28(33)27(31)32,23-10-14-26(35-2)15-11-23)24-16-18-30(19-17-24)20-21-6-4-3-5-7-21;/h3-15,24H,16-20H2,1-2H3,(H,31,32);1H2. The average Bonchev–Trinajstić information content (AvgIpc) is 2.93. The van der Waals surface area contributed by atoms with Gasteiger partial charge in [-0.15, -0.1) is 0 Å². The van der Waals surface area contributed by atoms with Crippen LogP contribution in [0.2, 0.25) is 0 Å². The second-order valence-corrected chi connectivity index (χ2v) is 8.92. The number of carbonyl (C=O) groups excluding carboxylic acids is 1. The fourth-order valence-corrected chi connectivity index (χ4v) is 5.05. The van der Waals surface area contributed by atoms with Crippen molar-refractivity contribution in [1.29, 1.82) is 0 Å². The number of carboxylic acids is 1. The SMILES string of the molecule is COc1ccc(C(OC(=O)C(=O)O)(c2ccc(OC)cc2)C2CCN(Cc3ccccc3)CC2)cc1.O. The molecule has 0 aliphatic carbocycles. The van der Waals surface area contributed by atoms with E-state index in [-0.39, 0.29) is 11.4 Å². The highest BCUT2D eigenvalue weighted by molar-refractivity contribution is 6.28. The van der Waals surface area contributed by atoms with E-state index in [0.29, 0.717) is 22.6 Å². The van der Waals surface area contributed by atoms with Gasteiger partial charge in [-0.05, 0) is 55.8 Å². The summed E-state index contributed by atoms with van der Waals surface area (Å²) in [6, 6.07) is 24.9. The van der Waals surface area contributed by atoms with Crippen molar-refractivity contribution in [1.82, 2.24) is 4.90 Å². The number of hydrogen-bond donors (Lipinski definition) is 1. The van der Waals surface area contributed by atoms with E-state index < -0.39 is 17.5 Å². The molecule has 3 N–H and O–H groups in total. The van der Waals surface area contributed by atoms with E-state index in [0.717, 1.165) is 32.5 Å². The molecule has 0 bridgehead atoms. The van der Waals surface area contributed by atoms with E-state index in [1.54, 1.807) is 38.5 Å². The molecule has 0 amide bonds. The second kappa shape index (κ2) is 12.4. The Hall–Kier alpha value is -3.88. The fourth-order valence-electron chi connectivity index (χ4n) is 5.05. The van der Waals surface area contributed by atoms with Gasteiger partial charge in [0.25, 0.3) is 0 Å². The number of aliphatic carboxylic acids is 1. The summed E-state index contributed by atoms with van der Waals surface area (Å²) >= 11 is 0. The summed E-state index contributed by atoms with van der Waals surface area (Å²) in [5, 5.41) is 9.49. The summed E-state index contributed by atoms with van der Waals surface area (Å²) in [4.78, 5) is 26.6. The first kappa shape index (κ1) is 27.7. The Kier molecular flexibility index (Phi) is 9.27. The molecule has 1 saturated heterocycles. The summed E-state index contributed by atoms with van der Waals surface area (Å²) in [5.41, 5.74) is 1.35. The number of ether oxygens (including phenoxy) is 3. The Balaban J connectivity index is 0.00000380. The molecular weight excluding hydrogens is 474 g/mol. The van der Waals surface area contributed by atoms with E-state index in [1.165, 1.54) is 5.56 Å². The molecule has 0 unspecified atom stereocenters. The van der Waals surface area contributed by atoms with Gasteiger partial charge in [-0.25, -0.2) is 9.59 Å². The molecule has 4 rings (SSSR count). The van der Waals surface area contributed by atoms with Crippen LogP contribution >= 0.6 is 0 Å². The van der Waals surface area contributed by atoms with E-state index in [4.69, 9.17) is 14.2 Å². The van der Waals surface area contributed by atoms with Crippen molar-refractivity contribution in [3.05, 3.63) is 95.6 Å². The molecular formula is C29H33NO7. The third-order valence-corrected chi connectivity index (χ3v) is 6.88. The van der Waals surface area contributed by atoms with Gasteiger partial charge in [-0.2, -0.15) is 0 Å². The molecule has 0 aromatic heterocycles. The Morgan fingerprint density at radius 1 is 0.838 bits per heavy atom. The monoisotopic (exact) mass is 507 g/mol. The van der Waals surface area contributed by atoms with Crippen LogP contribution in [-0.4, -0.2) is 54.7 Å². The summed E-state index contributed by atoms with van der Waals surface area (Å²) in [6.07, 6.45) is 1.44. The van der Waals surface area contributed by atoms with E-state index in [9.17, 15) is 14.7 Å². The first-order valence-corrected chi connectivity index (χ1v) is 12.0. The largest absolute Gasteiger partial charge is 0.497 e. The molecule has 0 atom stereocenters. The molecule has 1 aliphatic heterocycles.